The van der Waals surface area contributed by atoms with E-state index >= 15 is 0 Å². The van der Waals surface area contributed by atoms with Gasteiger partial charge in [0.05, 0.1) is 4.91 Å². The quantitative estimate of drug-likeness (QED) is 0.762. The lowest BCUT2D eigenvalue weighted by atomic mass is 10.1. The first-order chi connectivity index (χ1) is 13.2. The maximum Gasteiger partial charge on any atom is 0.410 e. The Balaban J connectivity index is 1.75. The Kier molecular flexibility index (Phi) is 5.98. The van der Waals surface area contributed by atoms with E-state index in [1.165, 1.54) is 0 Å². The van der Waals surface area contributed by atoms with Crippen molar-refractivity contribution in [3.8, 4) is 0 Å². The average molecular weight is 404 g/mol. The van der Waals surface area contributed by atoms with E-state index in [1.807, 2.05) is 45.0 Å². The molecule has 2 aliphatic rings. The van der Waals surface area contributed by atoms with E-state index in [9.17, 15) is 14.4 Å². The topological polar surface area (TPSA) is 79.0 Å². The van der Waals surface area contributed by atoms with E-state index in [2.05, 4.69) is 10.2 Å². The highest BCUT2D eigenvalue weighted by Crippen LogP contribution is 2.30. The zero-order valence-electron chi connectivity index (χ0n) is 16.4. The molecule has 1 N–H and O–H groups in total. The largest absolute Gasteiger partial charge is 0.444 e. The molecule has 1 aromatic rings. The van der Waals surface area contributed by atoms with Crippen molar-refractivity contribution in [2.24, 2.45) is 0 Å². The molecule has 1 aromatic carbocycles. The van der Waals surface area contributed by atoms with Gasteiger partial charge in [-0.3, -0.25) is 14.9 Å². The first-order valence-electron chi connectivity index (χ1n) is 9.30. The molecule has 0 aliphatic carbocycles. The van der Waals surface area contributed by atoms with Gasteiger partial charge in [-0.05, 0) is 56.7 Å². The van der Waals surface area contributed by atoms with Crippen LogP contribution in [-0.2, 0) is 9.53 Å². The highest BCUT2D eigenvalue weighted by atomic mass is 32.2. The van der Waals surface area contributed by atoms with Crippen molar-refractivity contribution in [3.05, 3.63) is 34.7 Å². The van der Waals surface area contributed by atoms with Crippen molar-refractivity contribution in [1.82, 2.24) is 10.2 Å². The highest BCUT2D eigenvalue weighted by Gasteiger charge is 2.27. The number of ether oxygens (including phenoxy) is 1. The number of thioether (sulfide) groups is 1. The Morgan fingerprint density at radius 3 is 2.57 bits per heavy atom. The van der Waals surface area contributed by atoms with Gasteiger partial charge in [-0.15, -0.1) is 0 Å². The number of nitrogens with one attached hydrogen (secondary N) is 1. The van der Waals surface area contributed by atoms with E-state index in [-0.39, 0.29) is 17.2 Å². The van der Waals surface area contributed by atoms with Crippen molar-refractivity contribution in [1.29, 1.82) is 0 Å². The summed E-state index contributed by atoms with van der Waals surface area (Å²) in [6, 6.07) is 7.77. The van der Waals surface area contributed by atoms with Gasteiger partial charge in [0.2, 0.25) is 0 Å². The number of hydrogen-bond donors (Lipinski definition) is 1. The second-order valence-electron chi connectivity index (χ2n) is 7.72. The molecule has 2 heterocycles. The number of imide groups is 1. The fraction of sp³-hybridized carbons (Fsp3) is 0.450. The van der Waals surface area contributed by atoms with E-state index in [0.717, 1.165) is 36.0 Å². The number of para-hydroxylation sites is 1. The van der Waals surface area contributed by atoms with Crippen LogP contribution in [0.25, 0.3) is 6.08 Å². The summed E-state index contributed by atoms with van der Waals surface area (Å²) in [5.41, 5.74) is 1.34. The molecule has 0 atom stereocenters. The van der Waals surface area contributed by atoms with Gasteiger partial charge in [0.1, 0.15) is 5.60 Å². The van der Waals surface area contributed by atoms with E-state index < -0.39 is 5.60 Å². The lowest BCUT2D eigenvalue weighted by molar-refractivity contribution is -0.115. The van der Waals surface area contributed by atoms with Crippen molar-refractivity contribution in [2.75, 3.05) is 31.1 Å². The van der Waals surface area contributed by atoms with Crippen LogP contribution in [0, 0.1) is 0 Å². The first-order valence-corrected chi connectivity index (χ1v) is 10.1. The van der Waals surface area contributed by atoms with Gasteiger partial charge in [-0.25, -0.2) is 4.79 Å². The van der Waals surface area contributed by atoms with Crippen LogP contribution in [0.1, 0.15) is 32.8 Å². The zero-order valence-corrected chi connectivity index (χ0v) is 17.2. The summed E-state index contributed by atoms with van der Waals surface area (Å²) in [7, 11) is 0. The molecule has 2 aliphatic heterocycles. The fourth-order valence-electron chi connectivity index (χ4n) is 3.13. The predicted molar refractivity (Wildman–Crippen MR) is 110 cm³/mol. The third-order valence-electron chi connectivity index (χ3n) is 4.35. The SMILES string of the molecule is CC(C)(C)OC(=O)N1CCCN(c2ccccc2/C=C2/SC(=O)NC2=O)CC1. The molecule has 0 aromatic heterocycles. The molecule has 2 saturated heterocycles. The lowest BCUT2D eigenvalue weighted by Crippen LogP contribution is -2.39. The molecule has 0 unspecified atom stereocenters. The smallest absolute Gasteiger partial charge is 0.410 e. The Morgan fingerprint density at radius 2 is 1.89 bits per heavy atom. The summed E-state index contributed by atoms with van der Waals surface area (Å²) in [4.78, 5) is 40.0. The number of hydrogen-bond acceptors (Lipinski definition) is 6. The molecule has 150 valence electrons. The molecule has 8 heteroatoms. The van der Waals surface area contributed by atoms with Crippen LogP contribution in [0.4, 0.5) is 15.3 Å². The highest BCUT2D eigenvalue weighted by molar-refractivity contribution is 8.18. The normalized spacial score (nSPS) is 19.6. The molecule has 0 radical (unpaired) electrons. The molecular formula is C20H25N3O4S. The van der Waals surface area contributed by atoms with E-state index in [4.69, 9.17) is 4.74 Å². The van der Waals surface area contributed by atoms with Crippen molar-refractivity contribution in [3.63, 3.8) is 0 Å². The van der Waals surface area contributed by atoms with Crippen molar-refractivity contribution in [2.45, 2.75) is 32.8 Å². The molecule has 0 bridgehead atoms. The molecule has 3 amide bonds. The van der Waals surface area contributed by atoms with Gasteiger partial charge in [0, 0.05) is 31.9 Å². The zero-order chi connectivity index (χ0) is 20.3. The third kappa shape index (κ3) is 5.07. The minimum atomic E-state index is -0.515. The van der Waals surface area contributed by atoms with Gasteiger partial charge in [0.15, 0.2) is 0 Å². The molecule has 7 nitrogen and oxygen atoms in total. The summed E-state index contributed by atoms with van der Waals surface area (Å²) >= 11 is 0.911. The second kappa shape index (κ2) is 8.26. The van der Waals surface area contributed by atoms with Crippen molar-refractivity contribution < 1.29 is 19.1 Å². The van der Waals surface area contributed by atoms with Crippen LogP contribution in [0.2, 0.25) is 0 Å². The average Bonchev–Trinajstić information content (AvgIpc) is 2.81. The van der Waals surface area contributed by atoms with Crippen LogP contribution in [0.5, 0.6) is 0 Å². The summed E-state index contributed by atoms with van der Waals surface area (Å²) in [5.74, 6) is -0.364. The Morgan fingerprint density at radius 1 is 1.14 bits per heavy atom. The molecule has 28 heavy (non-hydrogen) atoms. The summed E-state index contributed by atoms with van der Waals surface area (Å²) in [6.07, 6.45) is 2.27. The maximum absolute atomic E-state index is 12.4. The molecule has 0 spiro atoms. The Hall–Kier alpha value is -2.48. The fourth-order valence-corrected chi connectivity index (χ4v) is 3.80. The van der Waals surface area contributed by atoms with Crippen molar-refractivity contribution >= 4 is 40.8 Å². The number of nitrogens with zero attached hydrogens (tertiary/aromatic N) is 2. The Bertz CT molecular complexity index is 816. The van der Waals surface area contributed by atoms with E-state index in [1.54, 1.807) is 11.0 Å². The standard InChI is InChI=1S/C20H25N3O4S/c1-20(2,3)27-19(26)23-10-6-9-22(11-12-23)15-8-5-4-7-14(15)13-16-17(24)21-18(25)28-16/h4-5,7-8,13H,6,9-12H2,1-3H3,(H,21,24,25)/b16-13+. The lowest BCUT2D eigenvalue weighted by Gasteiger charge is -2.27. The van der Waals surface area contributed by atoms with Crippen LogP contribution in [0.15, 0.2) is 29.2 Å². The van der Waals surface area contributed by atoms with Crippen LogP contribution >= 0.6 is 11.8 Å². The number of benzene rings is 1. The minimum Gasteiger partial charge on any atom is -0.444 e. The number of carbonyl (C=O) groups excluding carboxylic acids is 3. The summed E-state index contributed by atoms with van der Waals surface area (Å²) < 4.78 is 5.49. The summed E-state index contributed by atoms with van der Waals surface area (Å²) in [5, 5.41) is 1.93. The second-order valence-corrected chi connectivity index (χ2v) is 8.73. The van der Waals surface area contributed by atoms with E-state index in [0.29, 0.717) is 24.5 Å². The number of rotatable bonds is 2. The monoisotopic (exact) mass is 403 g/mol. The maximum atomic E-state index is 12.4. The first kappa shape index (κ1) is 20.3. The molecule has 3 rings (SSSR count). The number of amides is 3. The van der Waals surface area contributed by atoms with Crippen LogP contribution < -0.4 is 10.2 Å². The molecular weight excluding hydrogens is 378 g/mol. The molecule has 2 fully saturated rings. The van der Waals surface area contributed by atoms with Gasteiger partial charge in [-0.1, -0.05) is 18.2 Å². The van der Waals surface area contributed by atoms with Gasteiger partial charge < -0.3 is 14.5 Å². The third-order valence-corrected chi connectivity index (χ3v) is 5.16. The minimum absolute atomic E-state index is 0.290. The van der Waals surface area contributed by atoms with Gasteiger partial charge >= 0.3 is 6.09 Å². The van der Waals surface area contributed by atoms with Gasteiger partial charge in [-0.2, -0.15) is 0 Å². The number of carbonyl (C=O) groups is 3. The van der Waals surface area contributed by atoms with Crippen LogP contribution in [-0.4, -0.2) is 53.9 Å². The van der Waals surface area contributed by atoms with Crippen LogP contribution in [0.3, 0.4) is 0 Å². The molecule has 0 saturated carbocycles. The predicted octanol–water partition coefficient (Wildman–Crippen LogP) is 3.46. The van der Waals surface area contributed by atoms with Gasteiger partial charge in [0.25, 0.3) is 11.1 Å². The number of anilines is 1. The summed E-state index contributed by atoms with van der Waals surface area (Å²) in [6.45, 7) is 8.24. The Labute approximate surface area is 169 Å².